The van der Waals surface area contributed by atoms with Gasteiger partial charge in [0.15, 0.2) is 0 Å². The molecule has 0 saturated heterocycles. The summed E-state index contributed by atoms with van der Waals surface area (Å²) >= 11 is 5.99. The number of nitrogens with one attached hydrogen (secondary N) is 2. The lowest BCUT2D eigenvalue weighted by Crippen LogP contribution is -2.39. The number of amides is 1. The van der Waals surface area contributed by atoms with Gasteiger partial charge in [-0.3, -0.25) is 10.2 Å². The van der Waals surface area contributed by atoms with Gasteiger partial charge >= 0.3 is 0 Å². The van der Waals surface area contributed by atoms with Crippen molar-refractivity contribution < 1.29 is 22.4 Å². The van der Waals surface area contributed by atoms with E-state index >= 15 is 0 Å². The van der Waals surface area contributed by atoms with E-state index in [9.17, 15) is 22.4 Å². The summed E-state index contributed by atoms with van der Waals surface area (Å²) in [5, 5.41) is 9.49. The highest BCUT2D eigenvalue weighted by molar-refractivity contribution is 6.32. The summed E-state index contributed by atoms with van der Waals surface area (Å²) in [6, 6.07) is 3.37. The summed E-state index contributed by atoms with van der Waals surface area (Å²) in [5.41, 5.74) is -1.69. The van der Waals surface area contributed by atoms with Gasteiger partial charge in [0.25, 0.3) is 12.3 Å². The molecule has 1 aromatic carbocycles. The third-order valence-electron chi connectivity index (χ3n) is 4.06. The molecule has 1 fully saturated rings. The number of halogens is 5. The molecule has 0 unspecified atom stereocenters. The first-order chi connectivity index (χ1) is 12.7. The minimum atomic E-state index is -3.31. The van der Waals surface area contributed by atoms with Crippen molar-refractivity contribution in [3.05, 3.63) is 52.7 Å². The Balaban J connectivity index is 2.32. The van der Waals surface area contributed by atoms with Crippen LogP contribution in [0.15, 0.2) is 36.3 Å². The first-order valence-electron chi connectivity index (χ1n) is 8.06. The van der Waals surface area contributed by atoms with Crippen LogP contribution in [0.3, 0.4) is 0 Å². The molecule has 0 heterocycles. The van der Waals surface area contributed by atoms with Crippen LogP contribution in [0.2, 0.25) is 5.02 Å². The summed E-state index contributed by atoms with van der Waals surface area (Å²) < 4.78 is 53.1. The third kappa shape index (κ3) is 4.88. The average Bonchev–Trinajstić information content (AvgIpc) is 3.43. The SMILES string of the molecule is C=C(CN(C(=O)/C(C(=N)C(F)F)=C(\F)NC)C1CC1)c1ccc(F)cc1Cl. The van der Waals surface area contributed by atoms with Crippen LogP contribution in [0.4, 0.5) is 17.6 Å². The monoisotopic (exact) mass is 403 g/mol. The third-order valence-corrected chi connectivity index (χ3v) is 4.37. The lowest BCUT2D eigenvalue weighted by molar-refractivity contribution is -0.126. The summed E-state index contributed by atoms with van der Waals surface area (Å²) in [4.78, 5) is 13.9. The van der Waals surface area contributed by atoms with Crippen LogP contribution in [0.5, 0.6) is 0 Å². The fourth-order valence-corrected chi connectivity index (χ4v) is 2.83. The zero-order valence-electron chi connectivity index (χ0n) is 14.5. The molecule has 1 aliphatic rings. The summed E-state index contributed by atoms with van der Waals surface area (Å²) in [6.07, 6.45) is -2.07. The molecule has 2 N–H and O–H groups in total. The van der Waals surface area contributed by atoms with Crippen LogP contribution < -0.4 is 5.32 Å². The highest BCUT2D eigenvalue weighted by Crippen LogP contribution is 2.32. The maximum atomic E-state index is 14.0. The van der Waals surface area contributed by atoms with E-state index in [1.54, 1.807) is 0 Å². The Morgan fingerprint density at radius 1 is 1.44 bits per heavy atom. The Morgan fingerprint density at radius 2 is 2.07 bits per heavy atom. The van der Waals surface area contributed by atoms with Crippen molar-refractivity contribution in [2.45, 2.75) is 25.3 Å². The van der Waals surface area contributed by atoms with Gasteiger partial charge in [-0.2, -0.15) is 4.39 Å². The predicted molar refractivity (Wildman–Crippen MR) is 96.1 cm³/mol. The summed E-state index contributed by atoms with van der Waals surface area (Å²) in [7, 11) is 1.13. The summed E-state index contributed by atoms with van der Waals surface area (Å²) in [5.74, 6) is -2.88. The highest BCUT2D eigenvalue weighted by atomic mass is 35.5. The molecule has 2 rings (SSSR count). The molecule has 1 saturated carbocycles. The van der Waals surface area contributed by atoms with Gasteiger partial charge in [0.1, 0.15) is 17.1 Å². The molecular formula is C18H18ClF4N3O. The Labute approximate surface area is 159 Å². The van der Waals surface area contributed by atoms with Crippen molar-refractivity contribution in [1.29, 1.82) is 5.41 Å². The standard InChI is InChI=1S/C18H18ClF4N3O/c1-9(12-6-3-10(20)7-13(12)19)8-26(11-4-5-11)18(27)14(17(23)25-2)15(24)16(21)22/h3,6-7,11,16,24-25H,1,4-5,8H2,2H3/b17-14+,24-15?. The molecule has 0 aliphatic heterocycles. The van der Waals surface area contributed by atoms with Crippen LogP contribution in [0.1, 0.15) is 18.4 Å². The van der Waals surface area contributed by atoms with E-state index in [-0.39, 0.29) is 17.6 Å². The maximum Gasteiger partial charge on any atom is 0.280 e. The van der Waals surface area contributed by atoms with Crippen LogP contribution in [-0.4, -0.2) is 42.6 Å². The van der Waals surface area contributed by atoms with Crippen molar-refractivity contribution in [1.82, 2.24) is 10.2 Å². The molecule has 1 aliphatic carbocycles. The van der Waals surface area contributed by atoms with Crippen LogP contribution in [0.25, 0.3) is 5.57 Å². The normalized spacial score (nSPS) is 14.6. The van der Waals surface area contributed by atoms with E-state index in [1.165, 1.54) is 17.0 Å². The van der Waals surface area contributed by atoms with Crippen molar-refractivity contribution in [2.75, 3.05) is 13.6 Å². The van der Waals surface area contributed by atoms with E-state index in [2.05, 4.69) is 6.58 Å². The zero-order chi connectivity index (χ0) is 20.3. The second-order valence-corrected chi connectivity index (χ2v) is 6.45. The molecule has 146 valence electrons. The first-order valence-corrected chi connectivity index (χ1v) is 8.43. The van der Waals surface area contributed by atoms with Gasteiger partial charge in [-0.25, -0.2) is 13.2 Å². The lowest BCUT2D eigenvalue weighted by Gasteiger charge is -2.25. The number of benzene rings is 1. The average molecular weight is 404 g/mol. The Bertz CT molecular complexity index is 806. The number of nitrogens with zero attached hydrogens (tertiary/aromatic N) is 1. The number of carbonyl (C=O) groups excluding carboxylic acids is 1. The topological polar surface area (TPSA) is 56.2 Å². The lowest BCUT2D eigenvalue weighted by atomic mass is 10.1. The van der Waals surface area contributed by atoms with Gasteiger partial charge in [0.2, 0.25) is 5.95 Å². The minimum Gasteiger partial charge on any atom is -0.364 e. The van der Waals surface area contributed by atoms with Gasteiger partial charge in [-0.05, 0) is 36.1 Å². The molecule has 0 atom stereocenters. The van der Waals surface area contributed by atoms with Crippen molar-refractivity contribution >= 4 is 28.8 Å². The second-order valence-electron chi connectivity index (χ2n) is 6.05. The van der Waals surface area contributed by atoms with E-state index in [0.29, 0.717) is 24.0 Å². The molecule has 0 radical (unpaired) electrons. The molecule has 0 spiro atoms. The van der Waals surface area contributed by atoms with Gasteiger partial charge < -0.3 is 10.2 Å². The van der Waals surface area contributed by atoms with Gasteiger partial charge in [-0.15, -0.1) is 0 Å². The number of rotatable bonds is 8. The Kier molecular flexibility index (Phi) is 6.64. The number of hydrogen-bond acceptors (Lipinski definition) is 3. The summed E-state index contributed by atoms with van der Waals surface area (Å²) in [6.45, 7) is 3.70. The van der Waals surface area contributed by atoms with Gasteiger partial charge in [0.05, 0.1) is 5.02 Å². The Morgan fingerprint density at radius 3 is 2.56 bits per heavy atom. The fourth-order valence-electron chi connectivity index (χ4n) is 2.52. The van der Waals surface area contributed by atoms with Crippen LogP contribution in [0, 0.1) is 11.2 Å². The largest absolute Gasteiger partial charge is 0.364 e. The number of carbonyl (C=O) groups is 1. The maximum absolute atomic E-state index is 14.0. The zero-order valence-corrected chi connectivity index (χ0v) is 15.2. The fraction of sp³-hybridized carbons (Fsp3) is 0.333. The smallest absolute Gasteiger partial charge is 0.280 e. The molecule has 4 nitrogen and oxygen atoms in total. The molecule has 27 heavy (non-hydrogen) atoms. The molecule has 1 amide bonds. The predicted octanol–water partition coefficient (Wildman–Crippen LogP) is 4.17. The molecule has 9 heteroatoms. The molecule has 0 bridgehead atoms. The minimum absolute atomic E-state index is 0.0840. The van der Waals surface area contributed by atoms with Crippen LogP contribution >= 0.6 is 11.6 Å². The molecule has 1 aromatic rings. The van der Waals surface area contributed by atoms with E-state index < -0.39 is 35.4 Å². The second kappa shape index (κ2) is 8.56. The van der Waals surface area contributed by atoms with Crippen molar-refractivity contribution in [3.8, 4) is 0 Å². The highest BCUT2D eigenvalue weighted by Gasteiger charge is 2.38. The molecule has 0 aromatic heterocycles. The van der Waals surface area contributed by atoms with E-state index in [4.69, 9.17) is 17.0 Å². The quantitative estimate of drug-likeness (QED) is 0.296. The first kappa shape index (κ1) is 21.0. The van der Waals surface area contributed by atoms with E-state index in [0.717, 1.165) is 13.1 Å². The number of alkyl halides is 2. The molecular weight excluding hydrogens is 386 g/mol. The van der Waals surface area contributed by atoms with Gasteiger partial charge in [-0.1, -0.05) is 24.2 Å². The van der Waals surface area contributed by atoms with E-state index in [1.807, 2.05) is 5.32 Å². The number of hydrogen-bond donors (Lipinski definition) is 2. The Hall–Kier alpha value is -2.35. The van der Waals surface area contributed by atoms with Gasteiger partial charge in [0, 0.05) is 19.6 Å². The van der Waals surface area contributed by atoms with Crippen molar-refractivity contribution in [3.63, 3.8) is 0 Å². The van der Waals surface area contributed by atoms with Crippen LogP contribution in [-0.2, 0) is 4.79 Å². The van der Waals surface area contributed by atoms with Crippen molar-refractivity contribution in [2.24, 2.45) is 0 Å².